The van der Waals surface area contributed by atoms with Crippen molar-refractivity contribution >= 4 is 0 Å². The monoisotopic (exact) mass is 297 g/mol. The van der Waals surface area contributed by atoms with Crippen LogP contribution in [0.3, 0.4) is 0 Å². The van der Waals surface area contributed by atoms with Gasteiger partial charge in [0.2, 0.25) is 0 Å². The molecule has 2 aliphatic rings. The molecule has 116 valence electrons. The second-order valence-electron chi connectivity index (χ2n) is 6.58. The van der Waals surface area contributed by atoms with Gasteiger partial charge < -0.3 is 9.64 Å². The number of aromatic amines is 1. The number of rotatable bonds is 4. The van der Waals surface area contributed by atoms with Gasteiger partial charge in [-0.2, -0.15) is 5.10 Å². The van der Waals surface area contributed by atoms with E-state index in [2.05, 4.69) is 51.5 Å². The van der Waals surface area contributed by atoms with Gasteiger partial charge in [-0.15, -0.1) is 0 Å². The van der Waals surface area contributed by atoms with Gasteiger partial charge >= 0.3 is 0 Å². The quantitative estimate of drug-likeness (QED) is 0.943. The summed E-state index contributed by atoms with van der Waals surface area (Å²) < 4.78 is 5.54. The fraction of sp³-hybridized carbons (Fsp3) is 0.500. The van der Waals surface area contributed by atoms with Crippen molar-refractivity contribution in [3.8, 4) is 0 Å². The number of H-pyrrole nitrogens is 1. The number of aromatic nitrogens is 2. The van der Waals surface area contributed by atoms with Crippen LogP contribution in [0, 0.1) is 5.92 Å². The van der Waals surface area contributed by atoms with Crippen molar-refractivity contribution in [3.63, 3.8) is 0 Å². The molecule has 1 aromatic heterocycles. The second kappa shape index (κ2) is 6.23. The normalized spacial score (nSPS) is 29.2. The third kappa shape index (κ3) is 2.81. The van der Waals surface area contributed by atoms with Crippen LogP contribution < -0.4 is 0 Å². The van der Waals surface area contributed by atoms with E-state index in [1.165, 1.54) is 17.7 Å². The van der Waals surface area contributed by atoms with Gasteiger partial charge in [0.15, 0.2) is 0 Å². The van der Waals surface area contributed by atoms with Crippen molar-refractivity contribution in [2.24, 2.45) is 5.92 Å². The molecule has 2 fully saturated rings. The van der Waals surface area contributed by atoms with Crippen LogP contribution in [0.4, 0.5) is 0 Å². The van der Waals surface area contributed by atoms with E-state index in [0.29, 0.717) is 17.8 Å². The summed E-state index contributed by atoms with van der Waals surface area (Å²) in [5, 5.41) is 7.35. The predicted molar refractivity (Wildman–Crippen MR) is 85.9 cm³/mol. The standard InChI is InChI=1S/C18H23N3O/c1-2-4-15(5-3-1)16-11-21(10-14-7-9-22-13-14)12-17(16)18-6-8-19-20-18/h1-6,8,14,16-17H,7,9-13H2,(H,19,20)/t14-,16-,17+/m0/s1. The Balaban J connectivity index is 1.54. The summed E-state index contributed by atoms with van der Waals surface area (Å²) in [7, 11) is 0. The zero-order chi connectivity index (χ0) is 14.8. The maximum atomic E-state index is 5.54. The Morgan fingerprint density at radius 3 is 2.73 bits per heavy atom. The highest BCUT2D eigenvalue weighted by Gasteiger charge is 2.36. The van der Waals surface area contributed by atoms with Gasteiger partial charge in [0, 0.05) is 50.0 Å². The first-order valence-electron chi connectivity index (χ1n) is 8.24. The predicted octanol–water partition coefficient (Wildman–Crippen LogP) is 2.63. The van der Waals surface area contributed by atoms with Crippen molar-refractivity contribution in [1.82, 2.24) is 15.1 Å². The fourth-order valence-electron chi connectivity index (χ4n) is 3.95. The van der Waals surface area contributed by atoms with E-state index in [4.69, 9.17) is 4.74 Å². The Bertz CT molecular complexity index is 578. The molecule has 22 heavy (non-hydrogen) atoms. The first kappa shape index (κ1) is 14.0. The van der Waals surface area contributed by atoms with E-state index in [9.17, 15) is 0 Å². The van der Waals surface area contributed by atoms with E-state index >= 15 is 0 Å². The summed E-state index contributed by atoms with van der Waals surface area (Å²) >= 11 is 0. The van der Waals surface area contributed by atoms with Gasteiger partial charge in [-0.1, -0.05) is 30.3 Å². The van der Waals surface area contributed by atoms with Crippen molar-refractivity contribution in [2.45, 2.75) is 18.3 Å². The number of likely N-dealkylation sites (tertiary alicyclic amines) is 1. The summed E-state index contributed by atoms with van der Waals surface area (Å²) in [6, 6.07) is 13.0. The molecule has 2 aliphatic heterocycles. The first-order valence-corrected chi connectivity index (χ1v) is 8.24. The zero-order valence-electron chi connectivity index (χ0n) is 12.8. The Labute approximate surface area is 131 Å². The SMILES string of the molecule is c1ccc([C@@H]2CN(C[C@@H]3CCOC3)C[C@H]2c2ccn[nH]2)cc1. The maximum absolute atomic E-state index is 5.54. The largest absolute Gasteiger partial charge is 0.381 e. The number of benzene rings is 1. The van der Waals surface area contributed by atoms with Crippen LogP contribution in [0.15, 0.2) is 42.6 Å². The molecule has 1 N–H and O–H groups in total. The van der Waals surface area contributed by atoms with Gasteiger partial charge in [0.1, 0.15) is 0 Å². The molecule has 1 aromatic carbocycles. The van der Waals surface area contributed by atoms with Crippen LogP contribution in [-0.4, -0.2) is 47.9 Å². The Morgan fingerprint density at radius 2 is 2.00 bits per heavy atom. The third-order valence-corrected chi connectivity index (χ3v) is 5.09. The van der Waals surface area contributed by atoms with E-state index < -0.39 is 0 Å². The van der Waals surface area contributed by atoms with Crippen LogP contribution in [-0.2, 0) is 4.74 Å². The van der Waals surface area contributed by atoms with Crippen LogP contribution in [0.25, 0.3) is 0 Å². The van der Waals surface area contributed by atoms with Crippen molar-refractivity contribution < 1.29 is 4.74 Å². The Morgan fingerprint density at radius 1 is 1.14 bits per heavy atom. The molecule has 2 saturated heterocycles. The topological polar surface area (TPSA) is 41.1 Å². The lowest BCUT2D eigenvalue weighted by Crippen LogP contribution is -2.28. The average Bonchev–Trinajstić information content (AvgIpc) is 3.30. The summed E-state index contributed by atoms with van der Waals surface area (Å²) in [6.45, 7) is 5.27. The molecule has 4 nitrogen and oxygen atoms in total. The highest BCUT2D eigenvalue weighted by molar-refractivity contribution is 5.27. The van der Waals surface area contributed by atoms with E-state index in [-0.39, 0.29) is 0 Å². The zero-order valence-corrected chi connectivity index (χ0v) is 12.8. The highest BCUT2D eigenvalue weighted by Crippen LogP contribution is 2.39. The fourth-order valence-corrected chi connectivity index (χ4v) is 3.95. The van der Waals surface area contributed by atoms with Crippen LogP contribution in [0.2, 0.25) is 0 Å². The number of hydrogen-bond donors (Lipinski definition) is 1. The van der Waals surface area contributed by atoms with Gasteiger partial charge in [-0.05, 0) is 24.0 Å². The Hall–Kier alpha value is -1.65. The molecule has 0 unspecified atom stereocenters. The molecule has 0 spiro atoms. The summed E-state index contributed by atoms with van der Waals surface area (Å²) in [5.41, 5.74) is 2.70. The van der Waals surface area contributed by atoms with Crippen molar-refractivity contribution in [2.75, 3.05) is 32.8 Å². The summed E-state index contributed by atoms with van der Waals surface area (Å²) in [6.07, 6.45) is 3.08. The molecule has 4 heteroatoms. The molecule has 0 saturated carbocycles. The highest BCUT2D eigenvalue weighted by atomic mass is 16.5. The van der Waals surface area contributed by atoms with E-state index in [1.54, 1.807) is 0 Å². The lowest BCUT2D eigenvalue weighted by Gasteiger charge is -2.19. The molecule has 3 heterocycles. The van der Waals surface area contributed by atoms with Gasteiger partial charge in [0.05, 0.1) is 6.61 Å². The van der Waals surface area contributed by atoms with Gasteiger partial charge in [-0.3, -0.25) is 5.10 Å². The van der Waals surface area contributed by atoms with E-state index in [0.717, 1.165) is 32.8 Å². The Kier molecular flexibility index (Phi) is 3.95. The first-order chi connectivity index (χ1) is 10.9. The number of hydrogen-bond acceptors (Lipinski definition) is 3. The van der Waals surface area contributed by atoms with Crippen molar-refractivity contribution in [3.05, 3.63) is 53.9 Å². The van der Waals surface area contributed by atoms with Crippen LogP contribution >= 0.6 is 0 Å². The smallest absolute Gasteiger partial charge is 0.0507 e. The summed E-state index contributed by atoms with van der Waals surface area (Å²) in [4.78, 5) is 2.61. The van der Waals surface area contributed by atoms with Gasteiger partial charge in [-0.25, -0.2) is 0 Å². The lowest BCUT2D eigenvalue weighted by molar-refractivity contribution is 0.173. The molecule has 0 bridgehead atoms. The number of nitrogens with zero attached hydrogens (tertiary/aromatic N) is 2. The molecule has 0 radical (unpaired) electrons. The molecule has 4 rings (SSSR count). The number of nitrogens with one attached hydrogen (secondary N) is 1. The average molecular weight is 297 g/mol. The molecule has 2 aromatic rings. The molecule has 0 amide bonds. The minimum absolute atomic E-state index is 0.507. The van der Waals surface area contributed by atoms with E-state index in [1.807, 2.05) is 6.20 Å². The molecule has 0 aliphatic carbocycles. The maximum Gasteiger partial charge on any atom is 0.0507 e. The molecule has 3 atom stereocenters. The van der Waals surface area contributed by atoms with Gasteiger partial charge in [0.25, 0.3) is 0 Å². The molecular weight excluding hydrogens is 274 g/mol. The van der Waals surface area contributed by atoms with Crippen LogP contribution in [0.5, 0.6) is 0 Å². The van der Waals surface area contributed by atoms with Crippen molar-refractivity contribution in [1.29, 1.82) is 0 Å². The molecular formula is C18H23N3O. The minimum Gasteiger partial charge on any atom is -0.381 e. The lowest BCUT2D eigenvalue weighted by atomic mass is 9.87. The second-order valence-corrected chi connectivity index (χ2v) is 6.58. The van der Waals surface area contributed by atoms with Crippen LogP contribution in [0.1, 0.15) is 29.5 Å². The minimum atomic E-state index is 0.507. The summed E-state index contributed by atoms with van der Waals surface area (Å²) in [5.74, 6) is 1.76. The third-order valence-electron chi connectivity index (χ3n) is 5.09. The number of ether oxygens (including phenoxy) is 1.